The van der Waals surface area contributed by atoms with Gasteiger partial charge in [0.2, 0.25) is 11.6 Å². The number of nitrogens with zero attached hydrogens (tertiary/aromatic N) is 3. The van der Waals surface area contributed by atoms with Gasteiger partial charge >= 0.3 is 0 Å². The third kappa shape index (κ3) is 3.38. The lowest BCUT2D eigenvalue weighted by Gasteiger charge is -2.14. The fourth-order valence-corrected chi connectivity index (χ4v) is 2.74. The van der Waals surface area contributed by atoms with Gasteiger partial charge in [-0.1, -0.05) is 23.9 Å². The number of carbonyl (C=O) groups is 1. The number of hydrogen-bond acceptors (Lipinski definition) is 5. The summed E-state index contributed by atoms with van der Waals surface area (Å²) in [7, 11) is 0. The maximum Gasteiger partial charge on any atom is 0.251 e. The van der Waals surface area contributed by atoms with Gasteiger partial charge in [-0.05, 0) is 36.8 Å². The summed E-state index contributed by atoms with van der Waals surface area (Å²) in [5.41, 5.74) is 0.560. The number of nitrogens with one attached hydrogen (secondary N) is 1. The lowest BCUT2D eigenvalue weighted by molar-refractivity contribution is 0.0950. The van der Waals surface area contributed by atoms with Gasteiger partial charge in [0.1, 0.15) is 5.69 Å². The van der Waals surface area contributed by atoms with Crippen molar-refractivity contribution in [3.63, 3.8) is 0 Å². The Kier molecular flexibility index (Phi) is 4.75. The van der Waals surface area contributed by atoms with Crippen LogP contribution in [0.25, 0.3) is 0 Å². The standard InChI is InChI=1S/C16H16F2N4OS/c1-24-15-20-9-12(21-22-15)8-19-13(23)10-2-4-11(5-3-10)16(6-7-16)14(17)18/h2-5,9,14H,6-8H2,1H3,(H,19,23). The number of hydrogen-bond donors (Lipinski definition) is 1. The van der Waals surface area contributed by atoms with Crippen molar-refractivity contribution in [2.75, 3.05) is 6.26 Å². The molecule has 0 bridgehead atoms. The first-order valence-corrected chi connectivity index (χ1v) is 8.67. The Morgan fingerprint density at radius 3 is 2.50 bits per heavy atom. The molecule has 1 fully saturated rings. The highest BCUT2D eigenvalue weighted by Crippen LogP contribution is 2.52. The first-order valence-electron chi connectivity index (χ1n) is 7.44. The molecule has 1 saturated carbocycles. The molecule has 1 aliphatic rings. The molecule has 1 aliphatic carbocycles. The highest BCUT2D eigenvalue weighted by molar-refractivity contribution is 7.98. The summed E-state index contributed by atoms with van der Waals surface area (Å²) in [5.74, 6) is -0.292. The Bertz CT molecular complexity index is 718. The minimum atomic E-state index is -2.37. The lowest BCUT2D eigenvalue weighted by Crippen LogP contribution is -2.24. The zero-order valence-electron chi connectivity index (χ0n) is 13.0. The molecule has 0 saturated heterocycles. The van der Waals surface area contributed by atoms with Crippen molar-refractivity contribution >= 4 is 17.7 Å². The molecule has 0 spiro atoms. The van der Waals surface area contributed by atoms with Crippen molar-refractivity contribution < 1.29 is 13.6 Å². The molecule has 8 heteroatoms. The van der Waals surface area contributed by atoms with Gasteiger partial charge in [0, 0.05) is 5.56 Å². The van der Waals surface area contributed by atoms with Crippen LogP contribution in [0.1, 0.15) is 34.5 Å². The molecule has 1 N–H and O–H groups in total. The zero-order valence-corrected chi connectivity index (χ0v) is 13.8. The number of thioether (sulfide) groups is 1. The van der Waals surface area contributed by atoms with E-state index in [9.17, 15) is 13.6 Å². The van der Waals surface area contributed by atoms with Crippen molar-refractivity contribution in [2.45, 2.75) is 36.4 Å². The normalized spacial score (nSPS) is 15.3. The summed E-state index contributed by atoms with van der Waals surface area (Å²) >= 11 is 1.38. The van der Waals surface area contributed by atoms with E-state index in [1.807, 2.05) is 6.26 Å². The molecule has 0 aliphatic heterocycles. The van der Waals surface area contributed by atoms with Gasteiger partial charge in [-0.3, -0.25) is 4.79 Å². The van der Waals surface area contributed by atoms with E-state index in [4.69, 9.17) is 0 Å². The second kappa shape index (κ2) is 6.80. The largest absolute Gasteiger partial charge is 0.346 e. The SMILES string of the molecule is CSc1ncc(CNC(=O)c2ccc(C3(C(F)F)CC3)cc2)nn1. The number of aromatic nitrogens is 3. The second-order valence-corrected chi connectivity index (χ2v) is 6.43. The van der Waals surface area contributed by atoms with Crippen LogP contribution in [0, 0.1) is 0 Å². The molecule has 1 aromatic heterocycles. The summed E-state index contributed by atoms with van der Waals surface area (Å²) in [6.45, 7) is 0.205. The maximum absolute atomic E-state index is 13.1. The van der Waals surface area contributed by atoms with E-state index in [0.29, 0.717) is 34.8 Å². The van der Waals surface area contributed by atoms with Crippen molar-refractivity contribution in [1.29, 1.82) is 0 Å². The molecular formula is C16H16F2N4OS. The van der Waals surface area contributed by atoms with E-state index in [-0.39, 0.29) is 12.5 Å². The predicted molar refractivity (Wildman–Crippen MR) is 86.1 cm³/mol. The van der Waals surface area contributed by atoms with Crippen LogP contribution in [-0.2, 0) is 12.0 Å². The molecule has 1 heterocycles. The summed E-state index contributed by atoms with van der Waals surface area (Å²) < 4.78 is 26.2. The van der Waals surface area contributed by atoms with Crippen LogP contribution < -0.4 is 5.32 Å². The number of carbonyl (C=O) groups excluding carboxylic acids is 1. The van der Waals surface area contributed by atoms with Gasteiger partial charge in [0.05, 0.1) is 18.2 Å². The van der Waals surface area contributed by atoms with Gasteiger partial charge in [0.15, 0.2) is 0 Å². The van der Waals surface area contributed by atoms with Crippen LogP contribution in [0.3, 0.4) is 0 Å². The van der Waals surface area contributed by atoms with Crippen molar-refractivity contribution in [2.24, 2.45) is 0 Å². The van der Waals surface area contributed by atoms with Crippen LogP contribution in [-0.4, -0.2) is 33.8 Å². The van der Waals surface area contributed by atoms with Gasteiger partial charge < -0.3 is 5.32 Å². The van der Waals surface area contributed by atoms with Crippen LogP contribution in [0.2, 0.25) is 0 Å². The number of alkyl halides is 2. The van der Waals surface area contributed by atoms with Gasteiger partial charge in [-0.2, -0.15) is 0 Å². The molecule has 2 aromatic rings. The molecular weight excluding hydrogens is 334 g/mol. The number of amides is 1. The van der Waals surface area contributed by atoms with E-state index in [1.165, 1.54) is 11.8 Å². The molecule has 0 unspecified atom stereocenters. The van der Waals surface area contributed by atoms with E-state index in [2.05, 4.69) is 20.5 Å². The fourth-order valence-electron chi connectivity index (χ4n) is 2.46. The monoisotopic (exact) mass is 350 g/mol. The van der Waals surface area contributed by atoms with Crippen molar-refractivity contribution in [3.05, 3.63) is 47.3 Å². The fraction of sp³-hybridized carbons (Fsp3) is 0.375. The molecule has 1 aromatic carbocycles. The van der Waals surface area contributed by atoms with Crippen LogP contribution in [0.4, 0.5) is 8.78 Å². The molecule has 3 rings (SSSR count). The summed E-state index contributed by atoms with van der Waals surface area (Å²) in [4.78, 5) is 16.2. The minimum Gasteiger partial charge on any atom is -0.346 e. The van der Waals surface area contributed by atoms with Crippen LogP contribution in [0.15, 0.2) is 35.6 Å². The highest BCUT2D eigenvalue weighted by Gasteiger charge is 2.52. The van der Waals surface area contributed by atoms with Crippen molar-refractivity contribution in [1.82, 2.24) is 20.5 Å². The number of rotatable bonds is 6. The average Bonchev–Trinajstić information content (AvgIpc) is 3.42. The minimum absolute atomic E-state index is 0.205. The molecule has 5 nitrogen and oxygen atoms in total. The summed E-state index contributed by atoms with van der Waals surface area (Å²) in [6, 6.07) is 6.38. The summed E-state index contributed by atoms with van der Waals surface area (Å²) in [5, 5.41) is 11.1. The van der Waals surface area contributed by atoms with Crippen LogP contribution >= 0.6 is 11.8 Å². The zero-order chi connectivity index (χ0) is 17.2. The molecule has 0 atom stereocenters. The maximum atomic E-state index is 13.1. The summed E-state index contributed by atoms with van der Waals surface area (Å²) in [6.07, 6.45) is 2.03. The average molecular weight is 350 g/mol. The Balaban J connectivity index is 1.61. The van der Waals surface area contributed by atoms with Gasteiger partial charge in [0.25, 0.3) is 5.91 Å². The van der Waals surface area contributed by atoms with Gasteiger partial charge in [-0.15, -0.1) is 10.2 Å². The first kappa shape index (κ1) is 16.8. The van der Waals surface area contributed by atoms with Crippen molar-refractivity contribution in [3.8, 4) is 0 Å². The number of halogens is 2. The Morgan fingerprint density at radius 1 is 1.29 bits per heavy atom. The second-order valence-electron chi connectivity index (χ2n) is 5.65. The third-order valence-electron chi connectivity index (χ3n) is 4.13. The molecule has 126 valence electrons. The molecule has 1 amide bonds. The van der Waals surface area contributed by atoms with E-state index in [0.717, 1.165) is 0 Å². The van der Waals surface area contributed by atoms with E-state index in [1.54, 1.807) is 30.5 Å². The molecule has 0 radical (unpaired) electrons. The topological polar surface area (TPSA) is 67.8 Å². The Labute approximate surface area is 142 Å². The first-order chi connectivity index (χ1) is 11.5. The van der Waals surface area contributed by atoms with E-state index < -0.39 is 11.8 Å². The molecule has 24 heavy (non-hydrogen) atoms. The number of benzene rings is 1. The highest BCUT2D eigenvalue weighted by atomic mass is 32.2. The lowest BCUT2D eigenvalue weighted by atomic mass is 9.95. The van der Waals surface area contributed by atoms with Gasteiger partial charge in [-0.25, -0.2) is 13.8 Å². The Hall–Kier alpha value is -2.09. The van der Waals surface area contributed by atoms with E-state index >= 15 is 0 Å². The van der Waals surface area contributed by atoms with Crippen LogP contribution in [0.5, 0.6) is 0 Å². The quantitative estimate of drug-likeness (QED) is 0.812. The predicted octanol–water partition coefficient (Wildman–Crippen LogP) is 2.82. The smallest absolute Gasteiger partial charge is 0.251 e. The third-order valence-corrected chi connectivity index (χ3v) is 4.68. The Morgan fingerprint density at radius 2 is 2.00 bits per heavy atom.